The van der Waals surface area contributed by atoms with E-state index in [4.69, 9.17) is 4.42 Å². The van der Waals surface area contributed by atoms with Crippen LogP contribution in [0, 0.1) is 6.92 Å². The molecule has 5 nitrogen and oxygen atoms in total. The highest BCUT2D eigenvalue weighted by atomic mass is 16.3. The van der Waals surface area contributed by atoms with Crippen LogP contribution in [0.2, 0.25) is 0 Å². The molecule has 0 aromatic carbocycles. The van der Waals surface area contributed by atoms with Crippen LogP contribution < -0.4 is 0 Å². The third kappa shape index (κ3) is 1.93. The molecular formula is C12H13N3O2. The van der Waals surface area contributed by atoms with E-state index < -0.39 is 0 Å². The van der Waals surface area contributed by atoms with Crippen molar-refractivity contribution >= 4 is 0 Å². The summed E-state index contributed by atoms with van der Waals surface area (Å²) in [6.07, 6.45) is 5.52. The lowest BCUT2D eigenvalue weighted by molar-refractivity contribution is 0.279. The number of nitrogens with zero attached hydrogens (tertiary/aromatic N) is 3. The van der Waals surface area contributed by atoms with Gasteiger partial charge in [0, 0.05) is 24.6 Å². The van der Waals surface area contributed by atoms with Crippen LogP contribution in [-0.4, -0.2) is 20.1 Å². The predicted molar refractivity (Wildman–Crippen MR) is 60.2 cm³/mol. The van der Waals surface area contributed by atoms with Gasteiger partial charge in [0.15, 0.2) is 11.7 Å². The fraction of sp³-hybridized carbons (Fsp3) is 0.417. The topological polar surface area (TPSA) is 72.0 Å². The smallest absolute Gasteiger partial charge is 0.191 e. The van der Waals surface area contributed by atoms with E-state index in [1.807, 2.05) is 0 Å². The Hall–Kier alpha value is -1.75. The maximum Gasteiger partial charge on any atom is 0.191 e. The second-order valence-corrected chi connectivity index (χ2v) is 4.29. The van der Waals surface area contributed by atoms with Gasteiger partial charge in [0.2, 0.25) is 0 Å². The molecule has 88 valence electrons. The van der Waals surface area contributed by atoms with Gasteiger partial charge in [-0.25, -0.2) is 15.0 Å². The highest BCUT2D eigenvalue weighted by Crippen LogP contribution is 2.40. The van der Waals surface area contributed by atoms with Gasteiger partial charge in [0.25, 0.3) is 0 Å². The average molecular weight is 231 g/mol. The first-order valence-corrected chi connectivity index (χ1v) is 5.67. The van der Waals surface area contributed by atoms with Crippen LogP contribution in [-0.2, 0) is 6.61 Å². The van der Waals surface area contributed by atoms with Crippen molar-refractivity contribution in [3.63, 3.8) is 0 Å². The van der Waals surface area contributed by atoms with Crippen molar-refractivity contribution in [3.05, 3.63) is 29.6 Å². The Morgan fingerprint density at radius 3 is 2.82 bits per heavy atom. The minimum atomic E-state index is -0.00996. The number of oxazole rings is 1. The molecule has 2 heterocycles. The monoisotopic (exact) mass is 231 g/mol. The molecule has 0 bridgehead atoms. The quantitative estimate of drug-likeness (QED) is 0.872. The molecule has 0 amide bonds. The van der Waals surface area contributed by atoms with Crippen molar-refractivity contribution in [2.45, 2.75) is 32.3 Å². The number of hydrogen-bond acceptors (Lipinski definition) is 5. The predicted octanol–water partition coefficient (Wildman–Crippen LogP) is 1.81. The Morgan fingerprint density at radius 2 is 2.24 bits per heavy atom. The number of aryl methyl sites for hydroxylation is 1. The summed E-state index contributed by atoms with van der Waals surface area (Å²) < 4.78 is 5.15. The molecule has 1 aliphatic rings. The van der Waals surface area contributed by atoms with Crippen molar-refractivity contribution in [1.82, 2.24) is 15.0 Å². The van der Waals surface area contributed by atoms with Gasteiger partial charge in [-0.05, 0) is 12.8 Å². The third-order valence-corrected chi connectivity index (χ3v) is 2.88. The van der Waals surface area contributed by atoms with E-state index in [0.29, 0.717) is 23.3 Å². The molecule has 2 aromatic rings. The first kappa shape index (κ1) is 10.4. The summed E-state index contributed by atoms with van der Waals surface area (Å²) >= 11 is 0. The molecule has 0 atom stereocenters. The first-order valence-electron chi connectivity index (χ1n) is 5.67. The Labute approximate surface area is 98.6 Å². The van der Waals surface area contributed by atoms with E-state index in [1.165, 1.54) is 0 Å². The minimum Gasteiger partial charge on any atom is -0.449 e. The standard InChI is InChI=1S/C12H13N3O2/c1-7-14-10(6-17-7)12-13-4-9(5-16)11(15-12)8-2-3-8/h4,6,8,16H,2-3,5H2,1H3. The van der Waals surface area contributed by atoms with Gasteiger partial charge < -0.3 is 9.52 Å². The van der Waals surface area contributed by atoms with Crippen molar-refractivity contribution in [3.8, 4) is 11.5 Å². The zero-order chi connectivity index (χ0) is 11.8. The maximum atomic E-state index is 9.25. The third-order valence-electron chi connectivity index (χ3n) is 2.88. The summed E-state index contributed by atoms with van der Waals surface area (Å²) in [5.74, 6) is 1.65. The van der Waals surface area contributed by atoms with E-state index in [0.717, 1.165) is 24.1 Å². The van der Waals surface area contributed by atoms with Crippen molar-refractivity contribution in [1.29, 1.82) is 0 Å². The minimum absolute atomic E-state index is 0.00996. The highest BCUT2D eigenvalue weighted by Gasteiger charge is 2.28. The van der Waals surface area contributed by atoms with E-state index in [1.54, 1.807) is 19.4 Å². The Morgan fingerprint density at radius 1 is 1.41 bits per heavy atom. The molecule has 1 N–H and O–H groups in total. The highest BCUT2D eigenvalue weighted by molar-refractivity contribution is 5.48. The number of aliphatic hydroxyl groups is 1. The van der Waals surface area contributed by atoms with Crippen molar-refractivity contribution in [2.24, 2.45) is 0 Å². The fourth-order valence-corrected chi connectivity index (χ4v) is 1.84. The Balaban J connectivity index is 2.03. The van der Waals surface area contributed by atoms with Gasteiger partial charge >= 0.3 is 0 Å². The molecule has 0 spiro atoms. The molecule has 0 aliphatic heterocycles. The summed E-state index contributed by atoms with van der Waals surface area (Å²) in [7, 11) is 0. The van der Waals surface area contributed by atoms with Crippen molar-refractivity contribution < 1.29 is 9.52 Å². The molecule has 0 saturated heterocycles. The summed E-state index contributed by atoms with van der Waals surface area (Å²) in [6, 6.07) is 0. The zero-order valence-corrected chi connectivity index (χ0v) is 9.55. The molecule has 0 radical (unpaired) electrons. The van der Waals surface area contributed by atoms with Crippen LogP contribution in [0.5, 0.6) is 0 Å². The number of rotatable bonds is 3. The Bertz CT molecular complexity index is 546. The lowest BCUT2D eigenvalue weighted by Gasteiger charge is -2.05. The summed E-state index contributed by atoms with van der Waals surface area (Å²) in [5.41, 5.74) is 2.42. The van der Waals surface area contributed by atoms with Gasteiger partial charge in [-0.3, -0.25) is 0 Å². The van der Waals surface area contributed by atoms with Crippen molar-refractivity contribution in [2.75, 3.05) is 0 Å². The van der Waals surface area contributed by atoms with Gasteiger partial charge in [0.05, 0.1) is 12.3 Å². The SMILES string of the molecule is Cc1nc(-c2ncc(CO)c(C3CC3)n2)co1. The zero-order valence-electron chi connectivity index (χ0n) is 9.55. The van der Waals surface area contributed by atoms with Gasteiger partial charge in [0.1, 0.15) is 12.0 Å². The van der Waals surface area contributed by atoms with Crippen LogP contribution in [0.4, 0.5) is 0 Å². The summed E-state index contributed by atoms with van der Waals surface area (Å²) in [5, 5.41) is 9.25. The van der Waals surface area contributed by atoms with Crippen LogP contribution in [0.3, 0.4) is 0 Å². The Kier molecular flexibility index (Phi) is 2.40. The van der Waals surface area contributed by atoms with Crippen LogP contribution >= 0.6 is 0 Å². The lowest BCUT2D eigenvalue weighted by Crippen LogP contribution is -2.01. The number of aliphatic hydroxyl groups excluding tert-OH is 1. The number of aromatic nitrogens is 3. The average Bonchev–Trinajstić information content (AvgIpc) is 3.11. The van der Waals surface area contributed by atoms with Crippen LogP contribution in [0.15, 0.2) is 16.9 Å². The molecular weight excluding hydrogens is 218 g/mol. The first-order chi connectivity index (χ1) is 8.28. The van der Waals surface area contributed by atoms with Gasteiger partial charge in [-0.15, -0.1) is 0 Å². The van der Waals surface area contributed by atoms with E-state index in [-0.39, 0.29) is 6.61 Å². The molecule has 1 fully saturated rings. The number of hydrogen-bond donors (Lipinski definition) is 1. The second-order valence-electron chi connectivity index (χ2n) is 4.29. The summed E-state index contributed by atoms with van der Waals surface area (Å²) in [4.78, 5) is 12.9. The van der Waals surface area contributed by atoms with Gasteiger partial charge in [-0.1, -0.05) is 0 Å². The van der Waals surface area contributed by atoms with E-state index in [9.17, 15) is 5.11 Å². The fourth-order valence-electron chi connectivity index (χ4n) is 1.84. The molecule has 0 unspecified atom stereocenters. The molecule has 2 aromatic heterocycles. The molecule has 1 saturated carbocycles. The van der Waals surface area contributed by atoms with Gasteiger partial charge in [-0.2, -0.15) is 0 Å². The molecule has 5 heteroatoms. The van der Waals surface area contributed by atoms with E-state index >= 15 is 0 Å². The van der Waals surface area contributed by atoms with E-state index in [2.05, 4.69) is 15.0 Å². The second kappa shape index (κ2) is 3.92. The largest absolute Gasteiger partial charge is 0.449 e. The molecule has 17 heavy (non-hydrogen) atoms. The summed E-state index contributed by atoms with van der Waals surface area (Å²) in [6.45, 7) is 1.78. The molecule has 3 rings (SSSR count). The lowest BCUT2D eigenvalue weighted by atomic mass is 10.1. The van der Waals surface area contributed by atoms with Crippen LogP contribution in [0.25, 0.3) is 11.5 Å². The normalized spacial score (nSPS) is 15.2. The molecule has 1 aliphatic carbocycles. The van der Waals surface area contributed by atoms with Crippen LogP contribution in [0.1, 0.15) is 35.9 Å². The maximum absolute atomic E-state index is 9.25.